The summed E-state index contributed by atoms with van der Waals surface area (Å²) in [6.45, 7) is 0.831. The molecule has 7 rings (SSSR count). The van der Waals surface area contributed by atoms with E-state index in [0.29, 0.717) is 42.4 Å². The van der Waals surface area contributed by atoms with Gasteiger partial charge < -0.3 is 24.6 Å². The summed E-state index contributed by atoms with van der Waals surface area (Å²) in [5, 5.41) is 13.1. The summed E-state index contributed by atoms with van der Waals surface area (Å²) in [6, 6.07) is 23.3. The predicted molar refractivity (Wildman–Crippen MR) is 156 cm³/mol. The van der Waals surface area contributed by atoms with E-state index in [9.17, 15) is 18.3 Å². The molecule has 0 saturated carbocycles. The molecule has 4 aromatic rings. The van der Waals surface area contributed by atoms with Crippen molar-refractivity contribution in [3.63, 3.8) is 0 Å². The number of aromatic hydroxyl groups is 1. The summed E-state index contributed by atoms with van der Waals surface area (Å²) >= 11 is 0. The number of methoxy groups -OCH3 is 1. The molecule has 4 aromatic carbocycles. The Bertz CT molecular complexity index is 1740. The Balaban J connectivity index is 1.49. The summed E-state index contributed by atoms with van der Waals surface area (Å²) < 4.78 is 47.2. The first-order valence-corrected chi connectivity index (χ1v) is 15.1. The quantitative estimate of drug-likeness (QED) is 0.346. The lowest BCUT2D eigenvalue weighted by Gasteiger charge is -2.37. The molecule has 0 aromatic heterocycles. The number of nitrogens with one attached hydrogen (secondary N) is 1. The minimum absolute atomic E-state index is 0.101. The number of carbonyl (C=O) groups is 1. The number of phenolic OH excluding ortho intramolecular Hbond substituents is 1. The van der Waals surface area contributed by atoms with Crippen molar-refractivity contribution in [1.29, 1.82) is 0 Å². The van der Waals surface area contributed by atoms with E-state index in [1.165, 1.54) is 16.4 Å². The van der Waals surface area contributed by atoms with Gasteiger partial charge in [0.2, 0.25) is 10.0 Å². The molecular formula is C32H30N2O7S. The molecule has 3 heterocycles. The molecule has 2 N–H and O–H groups in total. The molecule has 0 saturated heterocycles. The minimum atomic E-state index is -3.85. The molecule has 1 unspecified atom stereocenters. The molecule has 8 bridgehead atoms. The van der Waals surface area contributed by atoms with Crippen LogP contribution in [0.1, 0.15) is 39.5 Å². The number of hydrogen-bond acceptors (Lipinski definition) is 7. The van der Waals surface area contributed by atoms with Crippen LogP contribution in [-0.4, -0.2) is 50.5 Å². The summed E-state index contributed by atoms with van der Waals surface area (Å²) in [7, 11) is -2.30. The highest BCUT2D eigenvalue weighted by molar-refractivity contribution is 7.89. The van der Waals surface area contributed by atoms with Crippen LogP contribution in [0.15, 0.2) is 89.8 Å². The molecular weight excluding hydrogens is 556 g/mol. The van der Waals surface area contributed by atoms with Crippen molar-refractivity contribution in [1.82, 2.24) is 9.62 Å². The molecule has 216 valence electrons. The maximum Gasteiger partial charge on any atom is 0.255 e. The van der Waals surface area contributed by atoms with Gasteiger partial charge in [0, 0.05) is 13.1 Å². The normalized spacial score (nSPS) is 17.3. The number of phenols is 1. The molecule has 3 aliphatic rings. The molecule has 1 amide bonds. The third-order valence-corrected chi connectivity index (χ3v) is 9.34. The lowest BCUT2D eigenvalue weighted by molar-refractivity contribution is 0.0948. The van der Waals surface area contributed by atoms with Gasteiger partial charge in [-0.3, -0.25) is 4.79 Å². The SMILES string of the molecule is COc1ccc2cc1OCCCNC(=O)c1cc(ccc1O)Oc1ccc3c(c1)CCN(S(=O)(=O)c1ccccc1)C23. The van der Waals surface area contributed by atoms with Gasteiger partial charge in [-0.2, -0.15) is 4.31 Å². The highest BCUT2D eigenvalue weighted by Gasteiger charge is 2.38. The Hall–Kier alpha value is -4.54. The Morgan fingerprint density at radius 2 is 1.76 bits per heavy atom. The molecule has 1 atom stereocenters. The number of fused-ring (bicyclic) bond motifs is 6. The van der Waals surface area contributed by atoms with E-state index < -0.39 is 22.0 Å². The van der Waals surface area contributed by atoms with E-state index in [4.69, 9.17) is 14.2 Å². The number of rotatable bonds is 3. The van der Waals surface area contributed by atoms with Crippen LogP contribution in [0, 0.1) is 0 Å². The van der Waals surface area contributed by atoms with Crippen molar-refractivity contribution in [2.24, 2.45) is 0 Å². The zero-order valence-corrected chi connectivity index (χ0v) is 23.8. The average molecular weight is 587 g/mol. The third kappa shape index (κ3) is 5.26. The number of amides is 1. The van der Waals surface area contributed by atoms with Crippen molar-refractivity contribution in [3.8, 4) is 28.7 Å². The van der Waals surface area contributed by atoms with Gasteiger partial charge in [-0.05, 0) is 84.1 Å². The molecule has 10 heteroatoms. The topological polar surface area (TPSA) is 114 Å². The standard InChI is InChI=1S/C32H30N2O7S/c1-39-29-13-8-22-19-30(29)40-17-5-15-33-32(36)27-20-24(10-12-28(27)35)41-23-9-11-26-21(18-23)14-16-34(31(22)26)42(37,38)25-6-3-2-4-7-25/h2-4,6-13,18-20,31,35H,5,14-17H2,1H3,(H,33,36). The second kappa shape index (κ2) is 11.4. The van der Waals surface area contributed by atoms with Gasteiger partial charge in [-0.1, -0.05) is 30.3 Å². The fourth-order valence-electron chi connectivity index (χ4n) is 5.40. The van der Waals surface area contributed by atoms with Crippen LogP contribution < -0.4 is 19.5 Å². The number of benzene rings is 4. The van der Waals surface area contributed by atoms with E-state index in [-0.39, 0.29) is 29.4 Å². The van der Waals surface area contributed by atoms with Crippen molar-refractivity contribution in [3.05, 3.63) is 107 Å². The first-order chi connectivity index (χ1) is 20.3. The number of sulfonamides is 1. The summed E-state index contributed by atoms with van der Waals surface area (Å²) in [5.41, 5.74) is 2.60. The van der Waals surface area contributed by atoms with Crippen LogP contribution >= 0.6 is 0 Å². The Morgan fingerprint density at radius 1 is 0.976 bits per heavy atom. The zero-order valence-electron chi connectivity index (χ0n) is 22.9. The van der Waals surface area contributed by atoms with E-state index in [1.54, 1.807) is 55.6 Å². The molecule has 0 fully saturated rings. The van der Waals surface area contributed by atoms with Gasteiger partial charge in [-0.25, -0.2) is 8.42 Å². The second-order valence-electron chi connectivity index (χ2n) is 10.1. The maximum atomic E-state index is 14.0. The molecule has 0 spiro atoms. The number of ether oxygens (including phenoxy) is 3. The van der Waals surface area contributed by atoms with Crippen molar-refractivity contribution >= 4 is 15.9 Å². The number of carbonyl (C=O) groups excluding carboxylic acids is 1. The van der Waals surface area contributed by atoms with Gasteiger partial charge in [-0.15, -0.1) is 0 Å². The summed E-state index contributed by atoms with van der Waals surface area (Å²) in [4.78, 5) is 13.0. The smallest absolute Gasteiger partial charge is 0.255 e. The van der Waals surface area contributed by atoms with E-state index in [0.717, 1.165) is 16.7 Å². The molecule has 9 nitrogen and oxygen atoms in total. The van der Waals surface area contributed by atoms with Gasteiger partial charge in [0.25, 0.3) is 5.91 Å². The fraction of sp³-hybridized carbons (Fsp3) is 0.219. The van der Waals surface area contributed by atoms with Crippen LogP contribution in [0.4, 0.5) is 0 Å². The predicted octanol–water partition coefficient (Wildman–Crippen LogP) is 5.04. The van der Waals surface area contributed by atoms with E-state index in [1.807, 2.05) is 24.3 Å². The Kier molecular flexibility index (Phi) is 7.49. The third-order valence-electron chi connectivity index (χ3n) is 7.46. The van der Waals surface area contributed by atoms with Crippen LogP contribution in [0.2, 0.25) is 0 Å². The zero-order chi connectivity index (χ0) is 29.3. The van der Waals surface area contributed by atoms with E-state index in [2.05, 4.69) is 5.32 Å². The first-order valence-electron chi connectivity index (χ1n) is 13.6. The second-order valence-corrected chi connectivity index (χ2v) is 12.0. The number of nitrogens with zero attached hydrogens (tertiary/aromatic N) is 1. The summed E-state index contributed by atoms with van der Waals surface area (Å²) in [5.74, 6) is 1.33. The van der Waals surface area contributed by atoms with Crippen molar-refractivity contribution in [2.75, 3.05) is 26.8 Å². The average Bonchev–Trinajstić information content (AvgIpc) is 3.01. The van der Waals surface area contributed by atoms with Gasteiger partial charge in [0.15, 0.2) is 11.5 Å². The highest BCUT2D eigenvalue weighted by Crippen LogP contribution is 2.43. The fourth-order valence-corrected chi connectivity index (χ4v) is 7.02. The van der Waals surface area contributed by atoms with Crippen LogP contribution in [0.5, 0.6) is 28.7 Å². The summed E-state index contributed by atoms with van der Waals surface area (Å²) in [6.07, 6.45) is 0.955. The maximum absolute atomic E-state index is 14.0. The Labute approximate surface area is 244 Å². The largest absolute Gasteiger partial charge is 0.507 e. The van der Waals surface area contributed by atoms with Crippen molar-refractivity contribution in [2.45, 2.75) is 23.8 Å². The van der Waals surface area contributed by atoms with Gasteiger partial charge in [0.1, 0.15) is 17.2 Å². The first kappa shape index (κ1) is 27.6. The lowest BCUT2D eigenvalue weighted by Crippen LogP contribution is -2.40. The minimum Gasteiger partial charge on any atom is -0.507 e. The van der Waals surface area contributed by atoms with Crippen molar-refractivity contribution < 1.29 is 32.5 Å². The lowest BCUT2D eigenvalue weighted by atomic mass is 9.89. The van der Waals surface area contributed by atoms with Crippen LogP contribution in [-0.2, 0) is 16.4 Å². The molecule has 42 heavy (non-hydrogen) atoms. The molecule has 0 aliphatic carbocycles. The Morgan fingerprint density at radius 3 is 2.57 bits per heavy atom. The van der Waals surface area contributed by atoms with Gasteiger partial charge in [0.05, 0.1) is 30.2 Å². The van der Waals surface area contributed by atoms with E-state index >= 15 is 0 Å². The monoisotopic (exact) mass is 586 g/mol. The number of hydrogen-bond donors (Lipinski definition) is 2. The highest BCUT2D eigenvalue weighted by atomic mass is 32.2. The molecule has 0 radical (unpaired) electrons. The van der Waals surface area contributed by atoms with Crippen LogP contribution in [0.3, 0.4) is 0 Å². The molecule has 3 aliphatic heterocycles. The van der Waals surface area contributed by atoms with Gasteiger partial charge >= 0.3 is 0 Å². The van der Waals surface area contributed by atoms with Crippen LogP contribution in [0.25, 0.3) is 0 Å².